The predicted molar refractivity (Wildman–Crippen MR) is 101 cm³/mol. The van der Waals surface area contributed by atoms with Crippen LogP contribution in [0.2, 0.25) is 0 Å². The number of nitrogens with two attached hydrogens (primary N) is 1. The van der Waals surface area contributed by atoms with Gasteiger partial charge < -0.3 is 44.7 Å². The summed E-state index contributed by atoms with van der Waals surface area (Å²) in [6.45, 7) is -0.344. The van der Waals surface area contributed by atoms with E-state index in [-0.39, 0.29) is 65.2 Å². The van der Waals surface area contributed by atoms with Crippen molar-refractivity contribution in [2.45, 2.75) is 0 Å². The minimum atomic E-state index is -1.41. The summed E-state index contributed by atoms with van der Waals surface area (Å²) in [5.74, 6) is -4.00. The van der Waals surface area contributed by atoms with Gasteiger partial charge in [-0.25, -0.2) is 9.59 Å². The zero-order valence-electron chi connectivity index (χ0n) is 16.1. The Morgan fingerprint density at radius 3 is 2.23 bits per heavy atom. The number of phenolic OH excluding ortho intramolecular Hbond substituents is 2. The van der Waals surface area contributed by atoms with E-state index in [9.17, 15) is 24.9 Å². The molecule has 0 spiro atoms. The number of aromatic carboxylic acids is 1. The molecule has 0 radical (unpaired) electrons. The summed E-state index contributed by atoms with van der Waals surface area (Å²) in [7, 11) is 2.53. The summed E-state index contributed by atoms with van der Waals surface area (Å²) in [5, 5.41) is 30.8. The van der Waals surface area contributed by atoms with Crippen molar-refractivity contribution in [3.05, 3.63) is 23.3 Å². The third-order valence-corrected chi connectivity index (χ3v) is 4.34. The zero-order valence-corrected chi connectivity index (χ0v) is 16.1. The number of methoxy groups -OCH3 is 2. The van der Waals surface area contributed by atoms with Crippen molar-refractivity contribution in [2.75, 3.05) is 34.2 Å². The van der Waals surface area contributed by atoms with E-state index in [4.69, 9.17) is 29.4 Å². The SMILES string of the molecule is COc1cc(C(=O)OCCN)c(-c2c(C(=O)O)cc(OC)c3c2OCO3)c(O)c1O. The first-order valence-electron chi connectivity index (χ1n) is 8.60. The largest absolute Gasteiger partial charge is 0.504 e. The van der Waals surface area contributed by atoms with Gasteiger partial charge in [0.05, 0.1) is 25.3 Å². The van der Waals surface area contributed by atoms with Gasteiger partial charge in [0.25, 0.3) is 0 Å². The van der Waals surface area contributed by atoms with Gasteiger partial charge in [-0.1, -0.05) is 0 Å². The average molecular weight is 421 g/mol. The summed E-state index contributed by atoms with van der Waals surface area (Å²) >= 11 is 0. The first-order chi connectivity index (χ1) is 14.3. The number of carboxylic acid groups (broad SMARTS) is 1. The summed E-state index contributed by atoms with van der Waals surface area (Å²) in [6.07, 6.45) is 0. The number of carboxylic acids is 1. The molecule has 160 valence electrons. The second kappa shape index (κ2) is 8.25. The summed E-state index contributed by atoms with van der Waals surface area (Å²) in [6, 6.07) is 2.27. The van der Waals surface area contributed by atoms with Crippen LogP contribution in [0, 0.1) is 0 Å². The van der Waals surface area contributed by atoms with E-state index in [1.807, 2.05) is 0 Å². The van der Waals surface area contributed by atoms with Gasteiger partial charge in [0.15, 0.2) is 23.0 Å². The van der Waals surface area contributed by atoms with Gasteiger partial charge in [-0.05, 0) is 12.1 Å². The van der Waals surface area contributed by atoms with E-state index in [1.54, 1.807) is 0 Å². The molecular formula is C19H19NO10. The summed E-state index contributed by atoms with van der Waals surface area (Å²) in [4.78, 5) is 24.6. The molecule has 5 N–H and O–H groups in total. The predicted octanol–water partition coefficient (Wildman–Crippen LogP) is 1.32. The highest BCUT2D eigenvalue weighted by Gasteiger charge is 2.35. The van der Waals surface area contributed by atoms with E-state index in [0.29, 0.717) is 0 Å². The smallest absolute Gasteiger partial charge is 0.339 e. The first kappa shape index (κ1) is 20.9. The third kappa shape index (κ3) is 3.35. The van der Waals surface area contributed by atoms with Gasteiger partial charge in [0.2, 0.25) is 18.3 Å². The van der Waals surface area contributed by atoms with Crippen molar-refractivity contribution >= 4 is 11.9 Å². The number of carbonyl (C=O) groups is 2. The molecule has 0 saturated heterocycles. The van der Waals surface area contributed by atoms with Crippen LogP contribution in [0.4, 0.5) is 0 Å². The fraction of sp³-hybridized carbons (Fsp3) is 0.263. The lowest BCUT2D eigenvalue weighted by atomic mass is 9.92. The maximum atomic E-state index is 12.7. The Labute approximate surface area is 170 Å². The van der Waals surface area contributed by atoms with Gasteiger partial charge in [0.1, 0.15) is 6.61 Å². The van der Waals surface area contributed by atoms with Gasteiger partial charge in [-0.15, -0.1) is 0 Å². The number of phenols is 2. The molecule has 11 nitrogen and oxygen atoms in total. The van der Waals surface area contributed by atoms with Crippen LogP contribution in [0.3, 0.4) is 0 Å². The molecular weight excluding hydrogens is 402 g/mol. The van der Waals surface area contributed by atoms with Crippen LogP contribution >= 0.6 is 0 Å². The number of aromatic hydroxyl groups is 2. The van der Waals surface area contributed by atoms with Crippen molar-refractivity contribution < 1.29 is 48.6 Å². The maximum absolute atomic E-state index is 12.7. The van der Waals surface area contributed by atoms with Gasteiger partial charge in [-0.3, -0.25) is 0 Å². The van der Waals surface area contributed by atoms with Crippen LogP contribution in [-0.2, 0) is 4.74 Å². The van der Waals surface area contributed by atoms with Crippen LogP contribution in [0.1, 0.15) is 20.7 Å². The number of carbonyl (C=O) groups excluding carboxylic acids is 1. The van der Waals surface area contributed by atoms with E-state index in [1.165, 1.54) is 14.2 Å². The number of ether oxygens (including phenoxy) is 5. The Kier molecular flexibility index (Phi) is 5.74. The molecule has 2 aromatic rings. The van der Waals surface area contributed by atoms with Crippen LogP contribution in [0.25, 0.3) is 11.1 Å². The molecule has 0 unspecified atom stereocenters. The lowest BCUT2D eigenvalue weighted by molar-refractivity contribution is 0.0516. The molecule has 2 aromatic carbocycles. The van der Waals surface area contributed by atoms with Gasteiger partial charge in [0, 0.05) is 17.7 Å². The van der Waals surface area contributed by atoms with Crippen molar-refractivity contribution in [1.29, 1.82) is 0 Å². The standard InChI is InChI=1S/C19H19NO10/c1-26-10-6-9(19(25)28-4-3-20)12(15(22)14(10)21)13-8(18(23)24)5-11(27-2)16-17(13)30-7-29-16/h5-6,21-22H,3-4,7,20H2,1-2H3,(H,23,24). The van der Waals surface area contributed by atoms with Crippen LogP contribution in [0.15, 0.2) is 12.1 Å². The number of benzene rings is 2. The van der Waals surface area contributed by atoms with Crippen molar-refractivity contribution in [3.8, 4) is 45.6 Å². The number of rotatable bonds is 7. The monoisotopic (exact) mass is 421 g/mol. The first-order valence-corrected chi connectivity index (χ1v) is 8.60. The Hall–Kier alpha value is -3.86. The van der Waals surface area contributed by atoms with Crippen LogP contribution in [0.5, 0.6) is 34.5 Å². The van der Waals surface area contributed by atoms with Crippen LogP contribution in [-0.4, -0.2) is 61.4 Å². The molecule has 0 aliphatic carbocycles. The molecule has 1 heterocycles. The van der Waals surface area contributed by atoms with Gasteiger partial charge in [-0.2, -0.15) is 0 Å². The topological polar surface area (TPSA) is 167 Å². The highest BCUT2D eigenvalue weighted by molar-refractivity contribution is 6.08. The Morgan fingerprint density at radius 1 is 1.00 bits per heavy atom. The number of esters is 1. The van der Waals surface area contributed by atoms with E-state index in [2.05, 4.69) is 0 Å². The minimum Gasteiger partial charge on any atom is -0.504 e. The molecule has 30 heavy (non-hydrogen) atoms. The van der Waals surface area contributed by atoms with E-state index >= 15 is 0 Å². The molecule has 0 amide bonds. The quantitative estimate of drug-likeness (QED) is 0.376. The average Bonchev–Trinajstić information content (AvgIpc) is 3.22. The highest BCUT2D eigenvalue weighted by atomic mass is 16.7. The molecule has 1 aliphatic heterocycles. The Morgan fingerprint density at radius 2 is 1.63 bits per heavy atom. The minimum absolute atomic E-state index is 0.0392. The second-order valence-corrected chi connectivity index (χ2v) is 5.99. The van der Waals surface area contributed by atoms with Crippen LogP contribution < -0.4 is 24.7 Å². The second-order valence-electron chi connectivity index (χ2n) is 5.99. The lowest BCUT2D eigenvalue weighted by Gasteiger charge is -2.18. The third-order valence-electron chi connectivity index (χ3n) is 4.34. The molecule has 0 bridgehead atoms. The molecule has 0 fully saturated rings. The molecule has 0 atom stereocenters. The molecule has 3 rings (SSSR count). The fourth-order valence-electron chi connectivity index (χ4n) is 3.04. The van der Waals surface area contributed by atoms with E-state index < -0.39 is 23.4 Å². The van der Waals surface area contributed by atoms with Gasteiger partial charge >= 0.3 is 11.9 Å². The molecule has 11 heteroatoms. The van der Waals surface area contributed by atoms with Crippen molar-refractivity contribution in [3.63, 3.8) is 0 Å². The van der Waals surface area contributed by atoms with Crippen molar-refractivity contribution in [2.24, 2.45) is 5.73 Å². The number of hydrogen-bond acceptors (Lipinski definition) is 10. The zero-order chi connectivity index (χ0) is 22.0. The lowest BCUT2D eigenvalue weighted by Crippen LogP contribution is -2.15. The highest BCUT2D eigenvalue weighted by Crippen LogP contribution is 2.54. The summed E-state index contributed by atoms with van der Waals surface area (Å²) < 4.78 is 26.0. The Balaban J connectivity index is 2.41. The molecule has 1 aliphatic rings. The summed E-state index contributed by atoms with van der Waals surface area (Å²) in [5.41, 5.74) is 4.18. The fourth-order valence-corrected chi connectivity index (χ4v) is 3.04. The number of hydrogen-bond donors (Lipinski definition) is 4. The maximum Gasteiger partial charge on any atom is 0.339 e. The van der Waals surface area contributed by atoms with Crippen molar-refractivity contribution in [1.82, 2.24) is 0 Å². The molecule has 0 saturated carbocycles. The Bertz CT molecular complexity index is 1020. The molecule has 0 aromatic heterocycles. The van der Waals surface area contributed by atoms with E-state index in [0.717, 1.165) is 12.1 Å². The normalized spacial score (nSPS) is 11.8. The number of fused-ring (bicyclic) bond motifs is 1.